The van der Waals surface area contributed by atoms with Crippen LogP contribution in [0.2, 0.25) is 0 Å². The molecule has 0 aliphatic heterocycles. The highest BCUT2D eigenvalue weighted by molar-refractivity contribution is 7.96. The van der Waals surface area contributed by atoms with E-state index in [2.05, 4.69) is 10.1 Å². The zero-order valence-corrected chi connectivity index (χ0v) is 14.6. The summed E-state index contributed by atoms with van der Waals surface area (Å²) in [4.78, 5) is 11.1. The van der Waals surface area contributed by atoms with Crippen molar-refractivity contribution in [3.8, 4) is 5.75 Å². The molecule has 0 aliphatic carbocycles. The molecule has 0 spiro atoms. The molecule has 0 unspecified atom stereocenters. The summed E-state index contributed by atoms with van der Waals surface area (Å²) >= 11 is 0. The normalized spacial score (nSPS) is 11.8. The molecule has 2 rings (SSSR count). The molecule has 0 aromatic heterocycles. The average molecular weight is 383 g/mol. The molecule has 0 bridgehead atoms. The number of hydrogen-bond acceptors (Lipinski definition) is 6. The van der Waals surface area contributed by atoms with Gasteiger partial charge >= 0.3 is 5.97 Å². The van der Waals surface area contributed by atoms with Gasteiger partial charge in [0.05, 0.1) is 19.1 Å². The Morgan fingerprint density at radius 2 is 1.69 bits per heavy atom. The molecule has 0 atom stereocenters. The fourth-order valence-electron chi connectivity index (χ4n) is 1.96. The van der Waals surface area contributed by atoms with Crippen LogP contribution in [0, 0.1) is 11.6 Å². The summed E-state index contributed by atoms with van der Waals surface area (Å²) in [6, 6.07) is 8.24. The molecule has 0 fully saturated rings. The SMILES string of the molecule is COC(=O)/C(=C/Nc1ccc(F)c(F)c1)S(=O)(=O)c1ccc(OC)cc1. The fourth-order valence-corrected chi connectivity index (χ4v) is 3.23. The highest BCUT2D eigenvalue weighted by Gasteiger charge is 2.28. The van der Waals surface area contributed by atoms with E-state index >= 15 is 0 Å². The van der Waals surface area contributed by atoms with Gasteiger partial charge in [-0.15, -0.1) is 0 Å². The summed E-state index contributed by atoms with van der Waals surface area (Å²) in [5.41, 5.74) is 0.0511. The number of hydrogen-bond donors (Lipinski definition) is 1. The minimum absolute atomic E-state index is 0.0511. The molecular weight excluding hydrogens is 368 g/mol. The number of rotatable bonds is 6. The molecular formula is C17H15F2NO5S. The Balaban J connectivity index is 2.41. The summed E-state index contributed by atoms with van der Waals surface area (Å²) in [7, 11) is -1.77. The van der Waals surface area contributed by atoms with Gasteiger partial charge in [-0.05, 0) is 36.4 Å². The number of ether oxygens (including phenoxy) is 2. The van der Waals surface area contributed by atoms with E-state index in [9.17, 15) is 22.0 Å². The van der Waals surface area contributed by atoms with Crippen LogP contribution in [-0.2, 0) is 19.4 Å². The number of sulfone groups is 1. The number of anilines is 1. The van der Waals surface area contributed by atoms with Crippen molar-refractivity contribution < 1.29 is 31.5 Å². The van der Waals surface area contributed by atoms with E-state index in [0.717, 1.165) is 25.4 Å². The first-order chi connectivity index (χ1) is 12.3. The standard InChI is InChI=1S/C17H15F2NO5S/c1-24-12-4-6-13(7-5-12)26(22,23)16(17(21)25-2)10-20-11-3-8-14(18)15(19)9-11/h3-10,20H,1-2H3/b16-10-. The minimum atomic E-state index is -4.23. The molecule has 0 saturated carbocycles. The van der Waals surface area contributed by atoms with E-state index in [4.69, 9.17) is 4.74 Å². The molecule has 0 heterocycles. The Bertz CT molecular complexity index is 940. The Morgan fingerprint density at radius 1 is 1.04 bits per heavy atom. The van der Waals surface area contributed by atoms with Crippen LogP contribution in [0.25, 0.3) is 0 Å². The highest BCUT2D eigenvalue weighted by atomic mass is 32.2. The monoisotopic (exact) mass is 383 g/mol. The third kappa shape index (κ3) is 4.17. The Morgan fingerprint density at radius 3 is 2.23 bits per heavy atom. The van der Waals surface area contributed by atoms with E-state index < -0.39 is 32.3 Å². The zero-order valence-electron chi connectivity index (χ0n) is 13.8. The van der Waals surface area contributed by atoms with Gasteiger partial charge in [-0.1, -0.05) is 0 Å². The number of halogens is 2. The van der Waals surface area contributed by atoms with Crippen molar-refractivity contribution in [3.63, 3.8) is 0 Å². The molecule has 2 aromatic carbocycles. The van der Waals surface area contributed by atoms with Crippen molar-refractivity contribution in [2.24, 2.45) is 0 Å². The van der Waals surface area contributed by atoms with Gasteiger partial charge in [0.15, 0.2) is 16.5 Å². The largest absolute Gasteiger partial charge is 0.497 e. The van der Waals surface area contributed by atoms with Crippen molar-refractivity contribution in [1.82, 2.24) is 0 Å². The number of methoxy groups -OCH3 is 2. The first-order valence-corrected chi connectivity index (χ1v) is 8.67. The molecule has 0 aliphatic rings. The molecule has 1 N–H and O–H groups in total. The quantitative estimate of drug-likeness (QED) is 0.610. The fraction of sp³-hybridized carbons (Fsp3) is 0.118. The van der Waals surface area contributed by atoms with Crippen LogP contribution in [0.1, 0.15) is 0 Å². The lowest BCUT2D eigenvalue weighted by molar-refractivity contribution is -0.135. The van der Waals surface area contributed by atoms with Gasteiger partial charge in [-0.2, -0.15) is 0 Å². The van der Waals surface area contributed by atoms with Crippen molar-refractivity contribution in [2.75, 3.05) is 19.5 Å². The Labute approximate surface area is 149 Å². The van der Waals surface area contributed by atoms with Crippen LogP contribution in [0.3, 0.4) is 0 Å². The number of carbonyl (C=O) groups is 1. The van der Waals surface area contributed by atoms with Crippen LogP contribution in [0.5, 0.6) is 5.75 Å². The van der Waals surface area contributed by atoms with Crippen LogP contribution < -0.4 is 10.1 Å². The zero-order chi connectivity index (χ0) is 19.3. The number of benzene rings is 2. The van der Waals surface area contributed by atoms with E-state index in [1.54, 1.807) is 0 Å². The van der Waals surface area contributed by atoms with Gasteiger partial charge in [-0.3, -0.25) is 0 Å². The number of esters is 1. The summed E-state index contributed by atoms with van der Waals surface area (Å²) < 4.78 is 61.0. The second-order valence-corrected chi connectivity index (χ2v) is 6.87. The Kier molecular flexibility index (Phi) is 5.93. The van der Waals surface area contributed by atoms with E-state index in [1.807, 2.05) is 0 Å². The molecule has 138 valence electrons. The molecule has 6 nitrogen and oxygen atoms in total. The summed E-state index contributed by atoms with van der Waals surface area (Å²) in [6.45, 7) is 0. The summed E-state index contributed by atoms with van der Waals surface area (Å²) in [5.74, 6) is -2.86. The lowest BCUT2D eigenvalue weighted by atomic mass is 10.3. The number of nitrogens with one attached hydrogen (secondary N) is 1. The van der Waals surface area contributed by atoms with Crippen LogP contribution >= 0.6 is 0 Å². The molecule has 26 heavy (non-hydrogen) atoms. The summed E-state index contributed by atoms with van der Waals surface area (Å²) in [6.07, 6.45) is 0.859. The van der Waals surface area contributed by atoms with Crippen molar-refractivity contribution in [2.45, 2.75) is 4.90 Å². The first-order valence-electron chi connectivity index (χ1n) is 7.19. The maximum Gasteiger partial charge on any atom is 0.351 e. The smallest absolute Gasteiger partial charge is 0.351 e. The average Bonchev–Trinajstić information content (AvgIpc) is 2.64. The second-order valence-electron chi connectivity index (χ2n) is 4.95. The van der Waals surface area contributed by atoms with Crippen molar-refractivity contribution in [1.29, 1.82) is 0 Å². The lowest BCUT2D eigenvalue weighted by Crippen LogP contribution is -2.17. The van der Waals surface area contributed by atoms with Gasteiger partial charge in [0.1, 0.15) is 5.75 Å². The third-order valence-corrected chi connectivity index (χ3v) is 5.09. The van der Waals surface area contributed by atoms with E-state index in [0.29, 0.717) is 5.75 Å². The highest BCUT2D eigenvalue weighted by Crippen LogP contribution is 2.23. The maximum atomic E-state index is 13.2. The van der Waals surface area contributed by atoms with Gasteiger partial charge in [0, 0.05) is 18.0 Å². The van der Waals surface area contributed by atoms with Crippen molar-refractivity contribution in [3.05, 3.63) is 65.2 Å². The van der Waals surface area contributed by atoms with Crippen LogP contribution in [0.15, 0.2) is 58.5 Å². The Hall–Kier alpha value is -2.94. The molecule has 9 heteroatoms. The van der Waals surface area contributed by atoms with Gasteiger partial charge in [0.2, 0.25) is 9.84 Å². The minimum Gasteiger partial charge on any atom is -0.497 e. The van der Waals surface area contributed by atoms with Gasteiger partial charge in [-0.25, -0.2) is 22.0 Å². The topological polar surface area (TPSA) is 81.7 Å². The third-order valence-electron chi connectivity index (χ3n) is 3.34. The van der Waals surface area contributed by atoms with E-state index in [1.165, 1.54) is 37.4 Å². The van der Waals surface area contributed by atoms with Crippen LogP contribution in [0.4, 0.5) is 14.5 Å². The first kappa shape index (κ1) is 19.4. The lowest BCUT2D eigenvalue weighted by Gasteiger charge is -2.09. The van der Waals surface area contributed by atoms with Crippen molar-refractivity contribution >= 4 is 21.5 Å². The van der Waals surface area contributed by atoms with Gasteiger partial charge < -0.3 is 14.8 Å². The summed E-state index contributed by atoms with van der Waals surface area (Å²) in [5, 5.41) is 2.45. The van der Waals surface area contributed by atoms with Gasteiger partial charge in [0.25, 0.3) is 0 Å². The molecule has 0 amide bonds. The predicted octanol–water partition coefficient (Wildman–Crippen LogP) is 2.87. The number of carbonyl (C=O) groups excluding carboxylic acids is 1. The molecule has 0 radical (unpaired) electrons. The van der Waals surface area contributed by atoms with Crippen LogP contribution in [-0.4, -0.2) is 28.6 Å². The van der Waals surface area contributed by atoms with E-state index in [-0.39, 0.29) is 10.6 Å². The second kappa shape index (κ2) is 7.96. The predicted molar refractivity (Wildman–Crippen MR) is 90.3 cm³/mol. The molecule has 2 aromatic rings. The molecule has 0 saturated heterocycles. The maximum absolute atomic E-state index is 13.2.